The van der Waals surface area contributed by atoms with Gasteiger partial charge in [0.05, 0.1) is 5.69 Å². The Bertz CT molecular complexity index is 878. The molecule has 0 unspecified atom stereocenters. The number of nitrogens with zero attached hydrogens (tertiary/aromatic N) is 1. The van der Waals surface area contributed by atoms with Gasteiger partial charge in [-0.05, 0) is 54.2 Å². The molecule has 1 heterocycles. The van der Waals surface area contributed by atoms with E-state index in [1.807, 2.05) is 0 Å². The average molecular weight is 359 g/mol. The fraction of sp³-hybridized carbons (Fsp3) is 0. The van der Waals surface area contributed by atoms with Crippen LogP contribution in [0.4, 0.5) is 5.69 Å². The molecular weight excluding hydrogens is 348 g/mol. The van der Waals surface area contributed by atoms with E-state index in [-0.39, 0.29) is 16.4 Å². The zero-order chi connectivity index (χ0) is 17.3. The van der Waals surface area contributed by atoms with E-state index in [2.05, 4.69) is 5.32 Å². The maximum absolute atomic E-state index is 12.7. The summed E-state index contributed by atoms with van der Waals surface area (Å²) in [6.45, 7) is 0. The third kappa shape index (κ3) is 3.15. The fourth-order valence-corrected chi connectivity index (χ4v) is 2.71. The van der Waals surface area contributed by atoms with Gasteiger partial charge in [-0.15, -0.1) is 0 Å². The molecule has 0 radical (unpaired) electrons. The summed E-state index contributed by atoms with van der Waals surface area (Å²) in [6.07, 6.45) is 1.44. The first kappa shape index (κ1) is 16.2. The molecule has 2 aromatic rings. The molecule has 0 aliphatic carbocycles. The maximum atomic E-state index is 12.7. The minimum absolute atomic E-state index is 0.00452. The number of phenolic OH excluding ortho intramolecular Hbond substituents is 1. The van der Waals surface area contributed by atoms with Crippen LogP contribution in [0.15, 0.2) is 54.1 Å². The molecule has 2 amide bonds. The van der Waals surface area contributed by atoms with Crippen molar-refractivity contribution >= 4 is 52.5 Å². The summed E-state index contributed by atoms with van der Waals surface area (Å²) in [4.78, 5) is 26.1. The molecule has 0 saturated carbocycles. The number of aromatic hydroxyl groups is 1. The first-order valence-corrected chi connectivity index (χ1v) is 7.70. The van der Waals surface area contributed by atoms with Gasteiger partial charge in [0.25, 0.3) is 11.8 Å². The van der Waals surface area contributed by atoms with Gasteiger partial charge < -0.3 is 5.11 Å². The number of hydrogen-bond donors (Lipinski definition) is 2. The minimum atomic E-state index is -0.573. The lowest BCUT2D eigenvalue weighted by atomic mass is 10.1. The van der Waals surface area contributed by atoms with Crippen molar-refractivity contribution in [3.63, 3.8) is 0 Å². The molecule has 0 aromatic heterocycles. The number of thiocarbonyl (C=S) groups is 1. The number of carbonyl (C=O) groups is 2. The second kappa shape index (κ2) is 6.43. The summed E-state index contributed by atoms with van der Waals surface area (Å²) in [7, 11) is 0. The van der Waals surface area contributed by atoms with Crippen LogP contribution in [-0.4, -0.2) is 22.0 Å². The van der Waals surface area contributed by atoms with Gasteiger partial charge >= 0.3 is 0 Å². The third-order valence-corrected chi connectivity index (χ3v) is 3.89. The Morgan fingerprint density at radius 1 is 1.12 bits per heavy atom. The minimum Gasteiger partial charge on any atom is -0.508 e. The topological polar surface area (TPSA) is 69.6 Å². The van der Waals surface area contributed by atoms with Gasteiger partial charge in [0.1, 0.15) is 11.3 Å². The van der Waals surface area contributed by atoms with Crippen LogP contribution < -0.4 is 10.2 Å². The second-order valence-electron chi connectivity index (χ2n) is 5.03. The molecule has 2 N–H and O–H groups in total. The van der Waals surface area contributed by atoms with Crippen molar-refractivity contribution in [1.29, 1.82) is 0 Å². The number of anilines is 1. The Morgan fingerprint density at radius 2 is 1.83 bits per heavy atom. The van der Waals surface area contributed by atoms with E-state index in [4.69, 9.17) is 23.8 Å². The molecule has 7 heteroatoms. The number of amides is 2. The molecular formula is C17H11ClN2O3S. The standard InChI is InChI=1S/C17H11ClN2O3S/c18-11-2-1-3-12(9-11)20-16(23)14(15(22)19-17(20)24)8-10-4-6-13(21)7-5-10/h1-9,21H,(H,19,22,24)/b14-8+. The number of nitrogens with one attached hydrogen (secondary N) is 1. The fourth-order valence-electron chi connectivity index (χ4n) is 2.24. The van der Waals surface area contributed by atoms with E-state index in [0.717, 1.165) is 0 Å². The maximum Gasteiger partial charge on any atom is 0.270 e. The van der Waals surface area contributed by atoms with Crippen molar-refractivity contribution in [1.82, 2.24) is 5.32 Å². The highest BCUT2D eigenvalue weighted by Gasteiger charge is 2.34. The molecule has 0 atom stereocenters. The van der Waals surface area contributed by atoms with Gasteiger partial charge in [0, 0.05) is 5.02 Å². The van der Waals surface area contributed by atoms with Crippen LogP contribution in [0.3, 0.4) is 0 Å². The summed E-state index contributed by atoms with van der Waals surface area (Å²) in [5.74, 6) is -1.02. The molecule has 3 rings (SSSR count). The highest BCUT2D eigenvalue weighted by Crippen LogP contribution is 2.24. The highest BCUT2D eigenvalue weighted by molar-refractivity contribution is 7.80. The summed E-state index contributed by atoms with van der Waals surface area (Å²) in [5, 5.41) is 12.3. The molecule has 2 aromatic carbocycles. The van der Waals surface area contributed by atoms with Crippen LogP contribution in [0.2, 0.25) is 5.02 Å². The van der Waals surface area contributed by atoms with Crippen molar-refractivity contribution < 1.29 is 14.7 Å². The van der Waals surface area contributed by atoms with Crippen LogP contribution >= 0.6 is 23.8 Å². The van der Waals surface area contributed by atoms with Crippen molar-refractivity contribution in [3.05, 3.63) is 64.7 Å². The number of benzene rings is 2. The molecule has 0 spiro atoms. The number of rotatable bonds is 2. The van der Waals surface area contributed by atoms with Crippen LogP contribution in [0, 0.1) is 0 Å². The summed E-state index contributed by atoms with van der Waals surface area (Å²) < 4.78 is 0. The van der Waals surface area contributed by atoms with Gasteiger partial charge in [-0.25, -0.2) is 0 Å². The lowest BCUT2D eigenvalue weighted by Gasteiger charge is -2.29. The van der Waals surface area contributed by atoms with E-state index < -0.39 is 11.8 Å². The van der Waals surface area contributed by atoms with E-state index in [9.17, 15) is 14.7 Å². The quantitative estimate of drug-likeness (QED) is 0.492. The van der Waals surface area contributed by atoms with E-state index in [1.54, 1.807) is 36.4 Å². The molecule has 1 saturated heterocycles. The Hall–Kier alpha value is -2.70. The number of halogens is 1. The lowest BCUT2D eigenvalue weighted by molar-refractivity contribution is -0.122. The van der Waals surface area contributed by atoms with Crippen molar-refractivity contribution in [3.8, 4) is 5.75 Å². The zero-order valence-corrected chi connectivity index (χ0v) is 13.8. The largest absolute Gasteiger partial charge is 0.508 e. The molecule has 0 bridgehead atoms. The molecule has 120 valence electrons. The van der Waals surface area contributed by atoms with Crippen molar-refractivity contribution in [2.24, 2.45) is 0 Å². The second-order valence-corrected chi connectivity index (χ2v) is 5.85. The first-order chi connectivity index (χ1) is 11.5. The predicted molar refractivity (Wildman–Crippen MR) is 95.8 cm³/mol. The van der Waals surface area contributed by atoms with Crippen molar-refractivity contribution in [2.75, 3.05) is 4.90 Å². The summed E-state index contributed by atoms with van der Waals surface area (Å²) >= 11 is 11.1. The van der Waals surface area contributed by atoms with Gasteiger partial charge in [-0.1, -0.05) is 29.8 Å². The average Bonchev–Trinajstić information content (AvgIpc) is 2.53. The number of carbonyl (C=O) groups excluding carboxylic acids is 2. The summed E-state index contributed by atoms with van der Waals surface area (Å²) in [5.41, 5.74) is 1.01. The van der Waals surface area contributed by atoms with Gasteiger partial charge in [-0.2, -0.15) is 0 Å². The molecule has 1 aliphatic heterocycles. The van der Waals surface area contributed by atoms with E-state index in [1.165, 1.54) is 23.1 Å². The number of phenols is 1. The van der Waals surface area contributed by atoms with Crippen LogP contribution in [0.5, 0.6) is 5.75 Å². The predicted octanol–water partition coefficient (Wildman–Crippen LogP) is 2.88. The van der Waals surface area contributed by atoms with Crippen LogP contribution in [0.25, 0.3) is 6.08 Å². The monoisotopic (exact) mass is 358 g/mol. The molecule has 24 heavy (non-hydrogen) atoms. The Morgan fingerprint density at radius 3 is 2.50 bits per heavy atom. The molecule has 1 fully saturated rings. The Balaban J connectivity index is 2.01. The van der Waals surface area contributed by atoms with Crippen LogP contribution in [-0.2, 0) is 9.59 Å². The Labute approximate surface area is 148 Å². The smallest absolute Gasteiger partial charge is 0.270 e. The van der Waals surface area contributed by atoms with Gasteiger partial charge in [0.2, 0.25) is 0 Å². The van der Waals surface area contributed by atoms with E-state index in [0.29, 0.717) is 16.3 Å². The first-order valence-electron chi connectivity index (χ1n) is 6.92. The van der Waals surface area contributed by atoms with E-state index >= 15 is 0 Å². The normalized spacial score (nSPS) is 16.5. The zero-order valence-electron chi connectivity index (χ0n) is 12.2. The van der Waals surface area contributed by atoms with Gasteiger partial charge in [-0.3, -0.25) is 19.8 Å². The third-order valence-electron chi connectivity index (χ3n) is 3.37. The van der Waals surface area contributed by atoms with Crippen molar-refractivity contribution in [2.45, 2.75) is 0 Å². The number of hydrogen-bond acceptors (Lipinski definition) is 4. The SMILES string of the molecule is O=C1NC(=S)N(c2cccc(Cl)c2)C(=O)/C1=C/c1ccc(O)cc1. The Kier molecular flexibility index (Phi) is 4.33. The summed E-state index contributed by atoms with van der Waals surface area (Å²) in [6, 6.07) is 12.8. The van der Waals surface area contributed by atoms with Crippen LogP contribution in [0.1, 0.15) is 5.56 Å². The molecule has 5 nitrogen and oxygen atoms in total. The molecule has 1 aliphatic rings. The van der Waals surface area contributed by atoms with Gasteiger partial charge in [0.15, 0.2) is 5.11 Å². The lowest BCUT2D eigenvalue weighted by Crippen LogP contribution is -2.54. The highest BCUT2D eigenvalue weighted by atomic mass is 35.5.